The molecule has 0 atom stereocenters. The van der Waals surface area contributed by atoms with E-state index in [-0.39, 0.29) is 15.6 Å². The van der Waals surface area contributed by atoms with Crippen LogP contribution in [0.4, 0.5) is 5.69 Å². The largest absolute Gasteiger partial charge is 0.478 e. The number of aromatic nitrogens is 2. The van der Waals surface area contributed by atoms with Crippen molar-refractivity contribution in [2.24, 2.45) is 4.40 Å². The van der Waals surface area contributed by atoms with Gasteiger partial charge < -0.3 is 10.4 Å². The zero-order chi connectivity index (χ0) is 20.8. The maximum absolute atomic E-state index is 12.9. The number of carboxylic acid groups (broad SMARTS) is 1. The summed E-state index contributed by atoms with van der Waals surface area (Å²) >= 11 is 8.12. The summed E-state index contributed by atoms with van der Waals surface area (Å²) in [4.78, 5) is 11.7. The lowest BCUT2D eigenvalue weighted by atomic mass is 10.2. The second-order valence-electron chi connectivity index (χ2n) is 5.97. The molecule has 0 aliphatic carbocycles. The fraction of sp³-hybridized carbons (Fsp3) is 0.0588. The summed E-state index contributed by atoms with van der Waals surface area (Å²) in [7, 11) is -4.12. The lowest BCUT2D eigenvalue weighted by Gasteiger charge is -2.11. The summed E-state index contributed by atoms with van der Waals surface area (Å²) in [5, 5.41) is 12.6. The smallest absolute Gasteiger partial charge is 0.329 e. The molecule has 12 heteroatoms. The number of sulfonamides is 1. The summed E-state index contributed by atoms with van der Waals surface area (Å²) in [5.41, 5.74) is 2.18. The maximum Gasteiger partial charge on any atom is 0.329 e. The van der Waals surface area contributed by atoms with E-state index in [0.717, 1.165) is 29.6 Å². The standard InChI is InChI=1S/C17H11ClN4O4S3/c1-8-5-14-12(6-9(8)18)27-13(7-15(23)24)17(22-29(14,25)26)19-10-3-2-4-11-16(10)21-28-20-11/h2-7H,1H3,(H,19,22)(H,23,24)/b13-7-. The zero-order valence-corrected chi connectivity index (χ0v) is 17.8. The summed E-state index contributed by atoms with van der Waals surface area (Å²) in [6, 6.07) is 8.09. The number of fused-ring (bicyclic) bond motifs is 2. The van der Waals surface area contributed by atoms with Crippen molar-refractivity contribution in [2.75, 3.05) is 5.32 Å². The van der Waals surface area contributed by atoms with Gasteiger partial charge in [0.05, 0.1) is 22.3 Å². The third-order valence-corrected chi connectivity index (χ3v) is 7.45. The van der Waals surface area contributed by atoms with Crippen LogP contribution < -0.4 is 5.32 Å². The van der Waals surface area contributed by atoms with E-state index in [1.54, 1.807) is 25.1 Å². The van der Waals surface area contributed by atoms with Gasteiger partial charge in [0.2, 0.25) is 0 Å². The second-order valence-corrected chi connectivity index (χ2v) is 9.57. The molecule has 148 valence electrons. The number of benzene rings is 2. The molecule has 1 aliphatic rings. The van der Waals surface area contributed by atoms with Gasteiger partial charge in [0.15, 0.2) is 5.84 Å². The highest BCUT2D eigenvalue weighted by molar-refractivity contribution is 8.05. The number of halogens is 1. The molecule has 0 saturated carbocycles. The first-order valence-corrected chi connectivity index (χ1v) is 11.4. The van der Waals surface area contributed by atoms with Crippen LogP contribution >= 0.6 is 35.1 Å². The van der Waals surface area contributed by atoms with Crippen LogP contribution in [-0.2, 0) is 14.8 Å². The number of aliphatic carboxylic acids is 1. The van der Waals surface area contributed by atoms with Crippen molar-refractivity contribution >= 4 is 73.6 Å². The number of anilines is 1. The summed E-state index contributed by atoms with van der Waals surface area (Å²) in [6.07, 6.45) is 0.897. The predicted octanol–water partition coefficient (Wildman–Crippen LogP) is 3.93. The van der Waals surface area contributed by atoms with Crippen molar-refractivity contribution in [1.82, 2.24) is 8.75 Å². The number of hydrogen-bond donors (Lipinski definition) is 2. The van der Waals surface area contributed by atoms with Gasteiger partial charge in [-0.15, -0.1) is 4.40 Å². The molecule has 3 aromatic rings. The van der Waals surface area contributed by atoms with Gasteiger partial charge in [-0.2, -0.15) is 17.2 Å². The van der Waals surface area contributed by atoms with E-state index in [1.165, 1.54) is 12.1 Å². The normalized spacial score (nSPS) is 16.9. The predicted molar refractivity (Wildman–Crippen MR) is 113 cm³/mol. The number of aryl methyl sites for hydroxylation is 1. The Labute approximate surface area is 178 Å². The first-order chi connectivity index (χ1) is 13.7. The third-order valence-electron chi connectivity index (χ3n) is 3.96. The number of amidine groups is 1. The Hall–Kier alpha value is -2.47. The summed E-state index contributed by atoms with van der Waals surface area (Å²) in [6.45, 7) is 1.68. The molecule has 8 nitrogen and oxygen atoms in total. The van der Waals surface area contributed by atoms with Gasteiger partial charge in [-0.3, -0.25) is 0 Å². The van der Waals surface area contributed by atoms with E-state index in [9.17, 15) is 18.3 Å². The number of thioether (sulfide) groups is 1. The van der Waals surface area contributed by atoms with Crippen molar-refractivity contribution in [3.8, 4) is 0 Å². The van der Waals surface area contributed by atoms with Crippen LogP contribution in [0, 0.1) is 6.92 Å². The van der Waals surface area contributed by atoms with Crippen molar-refractivity contribution < 1.29 is 18.3 Å². The Morgan fingerprint density at radius 1 is 1.28 bits per heavy atom. The Morgan fingerprint density at radius 3 is 2.83 bits per heavy atom. The third kappa shape index (κ3) is 3.86. The van der Waals surface area contributed by atoms with Crippen molar-refractivity contribution in [3.63, 3.8) is 0 Å². The maximum atomic E-state index is 12.9. The molecule has 0 bridgehead atoms. The minimum absolute atomic E-state index is 0.0361. The number of hydrogen-bond acceptors (Lipinski definition) is 8. The molecule has 29 heavy (non-hydrogen) atoms. The molecule has 0 spiro atoms. The minimum Gasteiger partial charge on any atom is -0.478 e. The van der Waals surface area contributed by atoms with Gasteiger partial charge in [0.25, 0.3) is 10.0 Å². The number of carboxylic acids is 1. The van der Waals surface area contributed by atoms with Crippen molar-refractivity contribution in [2.45, 2.75) is 16.7 Å². The van der Waals surface area contributed by atoms with Gasteiger partial charge in [-0.05, 0) is 36.8 Å². The van der Waals surface area contributed by atoms with Gasteiger partial charge in [-0.25, -0.2) is 4.79 Å². The monoisotopic (exact) mass is 466 g/mol. The minimum atomic E-state index is -4.12. The first-order valence-electron chi connectivity index (χ1n) is 8.01. The van der Waals surface area contributed by atoms with Crippen LogP contribution in [0.3, 0.4) is 0 Å². The molecule has 1 aromatic heterocycles. The molecule has 2 aromatic carbocycles. The van der Waals surface area contributed by atoms with Crippen LogP contribution in [-0.4, -0.2) is 34.1 Å². The number of nitrogens with zero attached hydrogens (tertiary/aromatic N) is 3. The molecular weight excluding hydrogens is 456 g/mol. The van der Waals surface area contributed by atoms with E-state index in [2.05, 4.69) is 18.5 Å². The van der Waals surface area contributed by atoms with Gasteiger partial charge in [0, 0.05) is 16.0 Å². The van der Waals surface area contributed by atoms with E-state index < -0.39 is 16.0 Å². The lowest BCUT2D eigenvalue weighted by Crippen LogP contribution is -2.16. The Bertz CT molecular complexity index is 1330. The Balaban J connectivity index is 1.90. The zero-order valence-electron chi connectivity index (χ0n) is 14.6. The number of nitrogens with one attached hydrogen (secondary N) is 1. The Kier molecular flexibility index (Phi) is 5.07. The summed E-state index contributed by atoms with van der Waals surface area (Å²) in [5.74, 6) is -1.36. The van der Waals surface area contributed by atoms with Crippen LogP contribution in [0.2, 0.25) is 5.02 Å². The molecule has 0 radical (unpaired) electrons. The van der Waals surface area contributed by atoms with Gasteiger partial charge in [-0.1, -0.05) is 29.4 Å². The fourth-order valence-corrected chi connectivity index (χ4v) is 5.95. The van der Waals surface area contributed by atoms with Crippen LogP contribution in [0.5, 0.6) is 0 Å². The molecular formula is C17H11ClN4O4S3. The molecule has 1 aliphatic heterocycles. The van der Waals surface area contributed by atoms with Crippen molar-refractivity contribution in [3.05, 3.63) is 51.9 Å². The van der Waals surface area contributed by atoms with Crippen molar-refractivity contribution in [1.29, 1.82) is 0 Å². The highest BCUT2D eigenvalue weighted by atomic mass is 35.5. The topological polar surface area (TPSA) is 122 Å². The Morgan fingerprint density at radius 2 is 2.07 bits per heavy atom. The van der Waals surface area contributed by atoms with E-state index in [4.69, 9.17) is 11.6 Å². The molecule has 2 N–H and O–H groups in total. The highest BCUT2D eigenvalue weighted by Gasteiger charge is 2.28. The number of carbonyl (C=O) groups is 1. The summed E-state index contributed by atoms with van der Waals surface area (Å²) < 4.78 is 38.1. The lowest BCUT2D eigenvalue weighted by molar-refractivity contribution is -0.131. The van der Waals surface area contributed by atoms with E-state index in [0.29, 0.717) is 32.2 Å². The quantitative estimate of drug-likeness (QED) is 0.545. The molecule has 0 fully saturated rings. The van der Waals surface area contributed by atoms with Gasteiger partial charge in [0.1, 0.15) is 15.9 Å². The average molecular weight is 467 g/mol. The molecule has 2 heterocycles. The highest BCUT2D eigenvalue weighted by Crippen LogP contribution is 2.40. The molecule has 0 saturated heterocycles. The SMILES string of the molecule is Cc1cc2c(cc1Cl)S/C(=C\C(=O)O)C(Nc1cccc3nsnc13)=NS2(=O)=O. The number of rotatable bonds is 2. The van der Waals surface area contributed by atoms with E-state index >= 15 is 0 Å². The molecule has 0 amide bonds. The van der Waals surface area contributed by atoms with Gasteiger partial charge >= 0.3 is 5.97 Å². The van der Waals surface area contributed by atoms with Crippen LogP contribution in [0.1, 0.15) is 5.56 Å². The molecule has 0 unspecified atom stereocenters. The second kappa shape index (κ2) is 7.41. The van der Waals surface area contributed by atoms with Crippen LogP contribution in [0.25, 0.3) is 11.0 Å². The molecule has 4 rings (SSSR count). The van der Waals surface area contributed by atoms with Crippen LogP contribution in [0.15, 0.2) is 55.5 Å². The fourth-order valence-electron chi connectivity index (χ4n) is 2.63. The average Bonchev–Trinajstić information content (AvgIpc) is 3.09. The first kappa shape index (κ1) is 19.8. The van der Waals surface area contributed by atoms with E-state index in [1.807, 2.05) is 0 Å².